The van der Waals surface area contributed by atoms with Crippen molar-refractivity contribution in [1.29, 1.82) is 0 Å². The van der Waals surface area contributed by atoms with Gasteiger partial charge in [0, 0.05) is 12.6 Å². The molecular weight excluding hydrogens is 216 g/mol. The number of hydrogen-bond donors (Lipinski definition) is 1. The molecule has 4 heteroatoms. The van der Waals surface area contributed by atoms with Gasteiger partial charge in [0.2, 0.25) is 0 Å². The average molecular weight is 234 g/mol. The third-order valence-electron chi connectivity index (χ3n) is 3.14. The fourth-order valence-electron chi connectivity index (χ4n) is 2.14. The molecule has 1 heterocycles. The number of para-hydroxylation sites is 2. The number of benzene rings is 1. The predicted molar refractivity (Wildman–Crippen MR) is 66.8 cm³/mol. The molecule has 1 amide bonds. The number of nitrogens with zero attached hydrogens (tertiary/aromatic N) is 1. The van der Waals surface area contributed by atoms with E-state index in [4.69, 9.17) is 10.5 Å². The molecule has 0 saturated carbocycles. The standard InChI is InChI=1S/C13H18N2O2/c1-10-5-4-8-15(10)13(16)9-17-12-7-3-2-6-11(12)14/h2-3,6-7,10H,4-5,8-9,14H2,1H3. The molecular formula is C13H18N2O2. The Balaban J connectivity index is 1.90. The number of carbonyl (C=O) groups is 1. The van der Waals surface area contributed by atoms with E-state index in [2.05, 4.69) is 6.92 Å². The zero-order valence-corrected chi connectivity index (χ0v) is 10.1. The van der Waals surface area contributed by atoms with Crippen molar-refractivity contribution in [2.45, 2.75) is 25.8 Å². The van der Waals surface area contributed by atoms with E-state index < -0.39 is 0 Å². The first kappa shape index (κ1) is 11.8. The van der Waals surface area contributed by atoms with Crippen LogP contribution in [-0.4, -0.2) is 30.0 Å². The summed E-state index contributed by atoms with van der Waals surface area (Å²) in [6.45, 7) is 2.98. The summed E-state index contributed by atoms with van der Waals surface area (Å²) >= 11 is 0. The second kappa shape index (κ2) is 5.08. The number of rotatable bonds is 3. The Kier molecular flexibility index (Phi) is 3.52. The van der Waals surface area contributed by atoms with Gasteiger partial charge in [-0.3, -0.25) is 4.79 Å². The lowest BCUT2D eigenvalue weighted by Crippen LogP contribution is -2.37. The quantitative estimate of drug-likeness (QED) is 0.809. The summed E-state index contributed by atoms with van der Waals surface area (Å²) in [4.78, 5) is 13.8. The molecule has 0 bridgehead atoms. The first-order valence-electron chi connectivity index (χ1n) is 5.95. The topological polar surface area (TPSA) is 55.6 Å². The van der Waals surface area contributed by atoms with E-state index in [9.17, 15) is 4.79 Å². The Hall–Kier alpha value is -1.71. The van der Waals surface area contributed by atoms with E-state index >= 15 is 0 Å². The van der Waals surface area contributed by atoms with Crippen LogP contribution < -0.4 is 10.5 Å². The first-order valence-corrected chi connectivity index (χ1v) is 5.95. The third kappa shape index (κ3) is 2.70. The molecule has 1 aliphatic heterocycles. The van der Waals surface area contributed by atoms with Crippen LogP contribution in [0.2, 0.25) is 0 Å². The van der Waals surface area contributed by atoms with Gasteiger partial charge in [-0.15, -0.1) is 0 Å². The molecule has 1 aromatic carbocycles. The zero-order chi connectivity index (χ0) is 12.3. The molecule has 1 aromatic rings. The summed E-state index contributed by atoms with van der Waals surface area (Å²) in [5, 5.41) is 0. The van der Waals surface area contributed by atoms with Crippen LogP contribution in [0.3, 0.4) is 0 Å². The van der Waals surface area contributed by atoms with Crippen LogP contribution in [0.15, 0.2) is 24.3 Å². The lowest BCUT2D eigenvalue weighted by Gasteiger charge is -2.21. The summed E-state index contributed by atoms with van der Waals surface area (Å²) in [6, 6.07) is 7.55. The summed E-state index contributed by atoms with van der Waals surface area (Å²) in [5.74, 6) is 0.617. The summed E-state index contributed by atoms with van der Waals surface area (Å²) in [6.07, 6.45) is 2.17. The van der Waals surface area contributed by atoms with Gasteiger partial charge >= 0.3 is 0 Å². The second-order valence-corrected chi connectivity index (χ2v) is 4.40. The molecule has 0 aromatic heterocycles. The van der Waals surface area contributed by atoms with Gasteiger partial charge < -0.3 is 15.4 Å². The van der Waals surface area contributed by atoms with E-state index in [-0.39, 0.29) is 12.5 Å². The Bertz CT molecular complexity index is 406. The molecule has 0 aliphatic carbocycles. The zero-order valence-electron chi connectivity index (χ0n) is 10.1. The van der Waals surface area contributed by atoms with Gasteiger partial charge in [0.05, 0.1) is 5.69 Å². The van der Waals surface area contributed by atoms with Gasteiger partial charge in [-0.1, -0.05) is 12.1 Å². The van der Waals surface area contributed by atoms with Gasteiger partial charge in [0.25, 0.3) is 5.91 Å². The number of nitrogens with two attached hydrogens (primary N) is 1. The smallest absolute Gasteiger partial charge is 0.260 e. The van der Waals surface area contributed by atoms with Crippen molar-refractivity contribution < 1.29 is 9.53 Å². The van der Waals surface area contributed by atoms with Crippen molar-refractivity contribution in [1.82, 2.24) is 4.90 Å². The van der Waals surface area contributed by atoms with Crippen LogP contribution >= 0.6 is 0 Å². The molecule has 1 saturated heterocycles. The van der Waals surface area contributed by atoms with Gasteiger partial charge in [-0.25, -0.2) is 0 Å². The van der Waals surface area contributed by atoms with Gasteiger partial charge in [-0.05, 0) is 31.9 Å². The van der Waals surface area contributed by atoms with Crippen molar-refractivity contribution in [2.24, 2.45) is 0 Å². The molecule has 1 fully saturated rings. The molecule has 0 radical (unpaired) electrons. The van der Waals surface area contributed by atoms with Crippen LogP contribution in [0, 0.1) is 0 Å². The Morgan fingerprint density at radius 3 is 2.94 bits per heavy atom. The molecule has 92 valence electrons. The molecule has 1 unspecified atom stereocenters. The minimum absolute atomic E-state index is 0.0400. The highest BCUT2D eigenvalue weighted by atomic mass is 16.5. The van der Waals surface area contributed by atoms with Crippen LogP contribution in [0.4, 0.5) is 5.69 Å². The van der Waals surface area contributed by atoms with Crippen LogP contribution in [0.5, 0.6) is 5.75 Å². The Morgan fingerprint density at radius 2 is 2.29 bits per heavy atom. The van der Waals surface area contributed by atoms with Gasteiger partial charge in [-0.2, -0.15) is 0 Å². The summed E-state index contributed by atoms with van der Waals surface area (Å²) in [5.41, 5.74) is 6.30. The molecule has 1 atom stereocenters. The van der Waals surface area contributed by atoms with E-state index in [1.165, 1.54) is 0 Å². The molecule has 17 heavy (non-hydrogen) atoms. The first-order chi connectivity index (χ1) is 8.18. The number of nitrogen functional groups attached to an aromatic ring is 1. The van der Waals surface area contributed by atoms with E-state index in [0.717, 1.165) is 19.4 Å². The SMILES string of the molecule is CC1CCCN1C(=O)COc1ccccc1N. The second-order valence-electron chi connectivity index (χ2n) is 4.40. The minimum atomic E-state index is 0.0400. The van der Waals surface area contributed by atoms with E-state index in [1.54, 1.807) is 12.1 Å². The highest BCUT2D eigenvalue weighted by Crippen LogP contribution is 2.21. The lowest BCUT2D eigenvalue weighted by molar-refractivity contribution is -0.133. The maximum Gasteiger partial charge on any atom is 0.260 e. The maximum atomic E-state index is 11.9. The van der Waals surface area contributed by atoms with E-state index in [0.29, 0.717) is 17.5 Å². The van der Waals surface area contributed by atoms with Crippen LogP contribution in [0.25, 0.3) is 0 Å². The van der Waals surface area contributed by atoms with Crippen molar-refractivity contribution in [3.8, 4) is 5.75 Å². The van der Waals surface area contributed by atoms with Gasteiger partial charge in [0.15, 0.2) is 6.61 Å². The maximum absolute atomic E-state index is 11.9. The Morgan fingerprint density at radius 1 is 1.53 bits per heavy atom. The van der Waals surface area contributed by atoms with Gasteiger partial charge in [0.1, 0.15) is 5.75 Å². The van der Waals surface area contributed by atoms with Crippen molar-refractivity contribution in [3.63, 3.8) is 0 Å². The molecule has 2 N–H and O–H groups in total. The number of ether oxygens (including phenoxy) is 1. The molecule has 4 nitrogen and oxygen atoms in total. The number of likely N-dealkylation sites (tertiary alicyclic amines) is 1. The highest BCUT2D eigenvalue weighted by molar-refractivity contribution is 5.78. The fourth-order valence-corrected chi connectivity index (χ4v) is 2.14. The number of anilines is 1. The molecule has 0 spiro atoms. The lowest BCUT2D eigenvalue weighted by atomic mass is 10.2. The van der Waals surface area contributed by atoms with Crippen LogP contribution in [-0.2, 0) is 4.79 Å². The van der Waals surface area contributed by atoms with Crippen molar-refractivity contribution >= 4 is 11.6 Å². The fraction of sp³-hybridized carbons (Fsp3) is 0.462. The minimum Gasteiger partial charge on any atom is -0.482 e. The van der Waals surface area contributed by atoms with Crippen LogP contribution in [0.1, 0.15) is 19.8 Å². The van der Waals surface area contributed by atoms with Crippen molar-refractivity contribution in [3.05, 3.63) is 24.3 Å². The normalized spacial score (nSPS) is 19.4. The monoisotopic (exact) mass is 234 g/mol. The Labute approximate surface area is 101 Å². The number of carbonyl (C=O) groups excluding carboxylic acids is 1. The largest absolute Gasteiger partial charge is 0.482 e. The summed E-state index contributed by atoms with van der Waals surface area (Å²) in [7, 11) is 0. The molecule has 2 rings (SSSR count). The van der Waals surface area contributed by atoms with Crippen molar-refractivity contribution in [2.75, 3.05) is 18.9 Å². The number of amides is 1. The van der Waals surface area contributed by atoms with E-state index in [1.807, 2.05) is 17.0 Å². The number of hydrogen-bond acceptors (Lipinski definition) is 3. The molecule has 1 aliphatic rings. The predicted octanol–water partition coefficient (Wildman–Crippen LogP) is 1.66. The third-order valence-corrected chi connectivity index (χ3v) is 3.14. The highest BCUT2D eigenvalue weighted by Gasteiger charge is 2.25. The average Bonchev–Trinajstić information content (AvgIpc) is 2.74. The summed E-state index contributed by atoms with van der Waals surface area (Å²) < 4.78 is 5.44.